The number of carbonyl (C=O) groups is 2. The van der Waals surface area contributed by atoms with Gasteiger partial charge < -0.3 is 15.4 Å². The number of ether oxygens (including phenoxy) is 1. The lowest BCUT2D eigenvalue weighted by atomic mass is 9.95. The first-order chi connectivity index (χ1) is 13.2. The van der Waals surface area contributed by atoms with Crippen LogP contribution in [0.1, 0.15) is 59.9 Å². The lowest BCUT2D eigenvalue weighted by molar-refractivity contribution is 0.0526. The number of anilines is 2. The monoisotopic (exact) mass is 367 g/mol. The Morgan fingerprint density at radius 3 is 2.37 bits per heavy atom. The zero-order valence-electron chi connectivity index (χ0n) is 15.5. The van der Waals surface area contributed by atoms with Gasteiger partial charge in [0.1, 0.15) is 5.69 Å². The first kappa shape index (κ1) is 18.9. The van der Waals surface area contributed by atoms with Crippen LogP contribution in [0.3, 0.4) is 0 Å². The second-order valence-electron chi connectivity index (χ2n) is 6.66. The molecule has 1 aromatic carbocycles. The molecule has 0 radical (unpaired) electrons. The van der Waals surface area contributed by atoms with Crippen LogP contribution in [0.5, 0.6) is 0 Å². The summed E-state index contributed by atoms with van der Waals surface area (Å²) in [6.07, 6.45) is 7.34. The third-order valence-electron chi connectivity index (χ3n) is 4.62. The maximum absolute atomic E-state index is 12.3. The Balaban J connectivity index is 1.57. The smallest absolute Gasteiger partial charge is 0.338 e. The van der Waals surface area contributed by atoms with Gasteiger partial charge in [-0.15, -0.1) is 0 Å². The number of amides is 1. The van der Waals surface area contributed by atoms with Crippen molar-refractivity contribution >= 4 is 23.3 Å². The molecule has 0 unspecified atom stereocenters. The molecule has 6 nitrogen and oxygen atoms in total. The molecule has 1 aliphatic rings. The number of hydrogen-bond donors (Lipinski definition) is 2. The van der Waals surface area contributed by atoms with Gasteiger partial charge in [0, 0.05) is 11.7 Å². The average molecular weight is 367 g/mol. The molecule has 0 saturated heterocycles. The largest absolute Gasteiger partial charge is 0.462 e. The van der Waals surface area contributed by atoms with Gasteiger partial charge in [0.15, 0.2) is 0 Å². The SMILES string of the molecule is CCOC(=O)c1ccc(Nc2ccc(C(=O)NC3CCCCC3)nc2)cc1. The Morgan fingerprint density at radius 1 is 1.04 bits per heavy atom. The quantitative estimate of drug-likeness (QED) is 0.753. The van der Waals surface area contributed by atoms with E-state index in [4.69, 9.17) is 4.74 Å². The van der Waals surface area contributed by atoms with Crippen molar-refractivity contribution in [2.45, 2.75) is 45.1 Å². The maximum Gasteiger partial charge on any atom is 0.338 e. The van der Waals surface area contributed by atoms with E-state index in [1.54, 1.807) is 43.5 Å². The van der Waals surface area contributed by atoms with E-state index in [-0.39, 0.29) is 17.9 Å². The van der Waals surface area contributed by atoms with E-state index in [0.717, 1.165) is 24.2 Å². The Morgan fingerprint density at radius 2 is 1.74 bits per heavy atom. The first-order valence-corrected chi connectivity index (χ1v) is 9.47. The van der Waals surface area contributed by atoms with Crippen LogP contribution in [0.25, 0.3) is 0 Å². The Hall–Kier alpha value is -2.89. The van der Waals surface area contributed by atoms with Gasteiger partial charge in [0.25, 0.3) is 5.91 Å². The highest BCUT2D eigenvalue weighted by Crippen LogP contribution is 2.19. The van der Waals surface area contributed by atoms with Gasteiger partial charge in [-0.3, -0.25) is 4.79 Å². The van der Waals surface area contributed by atoms with Gasteiger partial charge in [-0.1, -0.05) is 19.3 Å². The minimum Gasteiger partial charge on any atom is -0.462 e. The van der Waals surface area contributed by atoms with Crippen LogP contribution in [0, 0.1) is 0 Å². The second kappa shape index (κ2) is 9.16. The van der Waals surface area contributed by atoms with Crippen LogP contribution in [0.2, 0.25) is 0 Å². The van der Waals surface area contributed by atoms with Gasteiger partial charge in [-0.05, 0) is 56.2 Å². The molecule has 0 atom stereocenters. The third-order valence-corrected chi connectivity index (χ3v) is 4.62. The van der Waals surface area contributed by atoms with Crippen molar-refractivity contribution in [3.63, 3.8) is 0 Å². The molecule has 2 N–H and O–H groups in total. The molecule has 1 aliphatic carbocycles. The predicted molar refractivity (Wildman–Crippen MR) is 104 cm³/mol. The number of carbonyl (C=O) groups excluding carboxylic acids is 2. The zero-order chi connectivity index (χ0) is 19.1. The number of esters is 1. The van der Waals surface area contributed by atoms with Crippen LogP contribution in [-0.4, -0.2) is 29.5 Å². The van der Waals surface area contributed by atoms with Crippen LogP contribution < -0.4 is 10.6 Å². The van der Waals surface area contributed by atoms with E-state index in [2.05, 4.69) is 15.6 Å². The van der Waals surface area contributed by atoms with E-state index >= 15 is 0 Å². The molecule has 1 heterocycles. The number of hydrogen-bond acceptors (Lipinski definition) is 5. The van der Waals surface area contributed by atoms with Crippen molar-refractivity contribution in [2.75, 3.05) is 11.9 Å². The third kappa shape index (κ3) is 5.29. The van der Waals surface area contributed by atoms with Crippen molar-refractivity contribution in [3.05, 3.63) is 53.9 Å². The van der Waals surface area contributed by atoms with Crippen LogP contribution >= 0.6 is 0 Å². The molecule has 1 fully saturated rings. The van der Waals surface area contributed by atoms with Gasteiger partial charge in [0.05, 0.1) is 24.1 Å². The molecule has 0 spiro atoms. The van der Waals surface area contributed by atoms with Gasteiger partial charge in [-0.25, -0.2) is 9.78 Å². The molecule has 0 aliphatic heterocycles. The highest BCUT2D eigenvalue weighted by Gasteiger charge is 2.17. The number of nitrogens with one attached hydrogen (secondary N) is 2. The fourth-order valence-electron chi connectivity index (χ4n) is 3.18. The molecular weight excluding hydrogens is 342 g/mol. The van der Waals surface area contributed by atoms with Gasteiger partial charge >= 0.3 is 5.97 Å². The molecule has 2 aromatic rings. The van der Waals surface area contributed by atoms with E-state index in [1.807, 2.05) is 6.07 Å². The summed E-state index contributed by atoms with van der Waals surface area (Å²) in [4.78, 5) is 28.2. The lowest BCUT2D eigenvalue weighted by Gasteiger charge is -2.22. The first-order valence-electron chi connectivity index (χ1n) is 9.47. The number of nitrogens with zero attached hydrogens (tertiary/aromatic N) is 1. The molecule has 1 aromatic heterocycles. The summed E-state index contributed by atoms with van der Waals surface area (Å²) < 4.78 is 4.97. The molecular formula is C21H25N3O3. The van der Waals surface area contributed by atoms with Crippen LogP contribution in [0.15, 0.2) is 42.6 Å². The van der Waals surface area contributed by atoms with Gasteiger partial charge in [0.2, 0.25) is 0 Å². The molecule has 6 heteroatoms. The zero-order valence-corrected chi connectivity index (χ0v) is 15.5. The fourth-order valence-corrected chi connectivity index (χ4v) is 3.18. The molecule has 1 amide bonds. The molecule has 0 bridgehead atoms. The van der Waals surface area contributed by atoms with Crippen molar-refractivity contribution in [3.8, 4) is 0 Å². The average Bonchev–Trinajstić information content (AvgIpc) is 2.70. The summed E-state index contributed by atoms with van der Waals surface area (Å²) >= 11 is 0. The fraction of sp³-hybridized carbons (Fsp3) is 0.381. The summed E-state index contributed by atoms with van der Waals surface area (Å²) in [5.41, 5.74) is 2.52. The van der Waals surface area contributed by atoms with E-state index < -0.39 is 0 Å². The Labute approximate surface area is 159 Å². The number of benzene rings is 1. The summed E-state index contributed by atoms with van der Waals surface area (Å²) in [5, 5.41) is 6.27. The summed E-state index contributed by atoms with van der Waals surface area (Å²) in [5.74, 6) is -0.453. The minimum absolute atomic E-state index is 0.118. The van der Waals surface area contributed by atoms with Crippen molar-refractivity contribution in [1.82, 2.24) is 10.3 Å². The highest BCUT2D eigenvalue weighted by molar-refractivity contribution is 5.92. The second-order valence-corrected chi connectivity index (χ2v) is 6.66. The van der Waals surface area contributed by atoms with Crippen molar-refractivity contribution < 1.29 is 14.3 Å². The normalized spacial score (nSPS) is 14.4. The minimum atomic E-state index is -0.334. The molecule has 27 heavy (non-hydrogen) atoms. The number of aromatic nitrogens is 1. The number of rotatable bonds is 6. The standard InChI is InChI=1S/C21H25N3O3/c1-2-27-21(26)15-8-10-17(11-9-15)23-18-12-13-19(22-14-18)20(25)24-16-6-4-3-5-7-16/h8-14,16,23H,2-7H2,1H3,(H,24,25). The number of pyridine rings is 1. The van der Waals surface area contributed by atoms with Gasteiger partial charge in [-0.2, -0.15) is 0 Å². The Bertz CT molecular complexity index is 766. The molecule has 3 rings (SSSR count). The van der Waals surface area contributed by atoms with E-state index in [0.29, 0.717) is 17.9 Å². The van der Waals surface area contributed by atoms with Crippen molar-refractivity contribution in [1.29, 1.82) is 0 Å². The Kier molecular flexibility index (Phi) is 6.41. The summed E-state index contributed by atoms with van der Waals surface area (Å²) in [6, 6.07) is 10.8. The topological polar surface area (TPSA) is 80.3 Å². The summed E-state index contributed by atoms with van der Waals surface area (Å²) in [7, 11) is 0. The maximum atomic E-state index is 12.3. The van der Waals surface area contributed by atoms with E-state index in [1.165, 1.54) is 19.3 Å². The summed E-state index contributed by atoms with van der Waals surface area (Å²) in [6.45, 7) is 2.13. The highest BCUT2D eigenvalue weighted by atomic mass is 16.5. The van der Waals surface area contributed by atoms with E-state index in [9.17, 15) is 9.59 Å². The molecule has 1 saturated carbocycles. The predicted octanol–water partition coefficient (Wildman–Crippen LogP) is 4.06. The lowest BCUT2D eigenvalue weighted by Crippen LogP contribution is -2.36. The van der Waals surface area contributed by atoms with Crippen molar-refractivity contribution in [2.24, 2.45) is 0 Å². The van der Waals surface area contributed by atoms with Crippen LogP contribution in [0.4, 0.5) is 11.4 Å². The molecule has 142 valence electrons. The van der Waals surface area contributed by atoms with Crippen LogP contribution in [-0.2, 0) is 4.74 Å².